The third-order valence-corrected chi connectivity index (χ3v) is 20.9. The van der Waals surface area contributed by atoms with E-state index in [2.05, 4.69) is 285 Å². The fourth-order valence-electron chi connectivity index (χ4n) is 13.9. The molecule has 18 aromatic rings. The van der Waals surface area contributed by atoms with Gasteiger partial charge in [-0.1, -0.05) is 297 Å². The third-order valence-electron chi connectivity index (χ3n) is 18.3. The molecule has 0 bridgehead atoms. The van der Waals surface area contributed by atoms with Crippen molar-refractivity contribution in [2.24, 2.45) is 0 Å². The summed E-state index contributed by atoms with van der Waals surface area (Å²) in [4.78, 5) is 15.2. The van der Waals surface area contributed by atoms with Crippen molar-refractivity contribution in [3.63, 3.8) is 0 Å². The number of fused-ring (bicyclic) bond motifs is 12. The van der Waals surface area contributed by atoms with E-state index in [1.54, 1.807) is 0 Å². The highest BCUT2D eigenvalue weighted by Gasteiger charge is 2.22. The number of hydrogen-bond acceptors (Lipinski definition) is 5. The lowest BCUT2D eigenvalue weighted by molar-refractivity contribution is 1.07. The smallest absolute Gasteiger partial charge is 0.164 e. The average Bonchev–Trinajstić information content (AvgIpc) is 1.50. The SMILES string of the molecule is c1ccc(-c2ccc(-c3c(-c4cccc(-c5cccc6c5sc5c(-c7cccc(-c8ccc9c%10ccccc%10c%10ccccc%10c9c8)c7)cccc56)c4)ccc4c3sc3c(-c5cccc(-c6nc(-c7ccccc7)nc(-c7ccccc7)n6)c5)cccc34)cc2)cc1. The topological polar surface area (TPSA) is 38.7 Å². The van der Waals surface area contributed by atoms with Crippen molar-refractivity contribution in [2.75, 3.05) is 0 Å². The fourth-order valence-corrected chi connectivity index (χ4v) is 16.7. The van der Waals surface area contributed by atoms with Gasteiger partial charge in [0, 0.05) is 62.6 Å². The Balaban J connectivity index is 0.746. The van der Waals surface area contributed by atoms with E-state index in [-0.39, 0.29) is 0 Å². The summed E-state index contributed by atoms with van der Waals surface area (Å²) < 4.78 is 5.07. The zero-order valence-corrected chi connectivity index (χ0v) is 51.4. The molecule has 0 unspecified atom stereocenters. The molecule has 0 spiro atoms. The molecular weight excluding hydrogens is 1150 g/mol. The van der Waals surface area contributed by atoms with Crippen LogP contribution >= 0.6 is 22.7 Å². The predicted molar refractivity (Wildman–Crippen MR) is 392 cm³/mol. The number of rotatable bonds is 10. The molecule has 92 heavy (non-hydrogen) atoms. The Bertz CT molecular complexity index is 5840. The maximum Gasteiger partial charge on any atom is 0.164 e. The van der Waals surface area contributed by atoms with E-state index < -0.39 is 0 Å². The Morgan fingerprint density at radius 3 is 0.989 bits per heavy atom. The second-order valence-electron chi connectivity index (χ2n) is 23.7. The van der Waals surface area contributed by atoms with Crippen LogP contribution in [-0.2, 0) is 0 Å². The first-order valence-electron chi connectivity index (χ1n) is 31.2. The van der Waals surface area contributed by atoms with E-state index in [4.69, 9.17) is 15.0 Å². The van der Waals surface area contributed by atoms with Crippen molar-refractivity contribution in [3.05, 3.63) is 322 Å². The van der Waals surface area contributed by atoms with Crippen LogP contribution in [0.2, 0.25) is 0 Å². The van der Waals surface area contributed by atoms with Gasteiger partial charge in [0.2, 0.25) is 0 Å². The zero-order chi connectivity index (χ0) is 60.6. The van der Waals surface area contributed by atoms with E-state index in [9.17, 15) is 0 Å². The highest BCUT2D eigenvalue weighted by molar-refractivity contribution is 7.27. The van der Waals surface area contributed by atoms with Crippen LogP contribution in [0.4, 0.5) is 0 Å². The molecule has 428 valence electrons. The van der Waals surface area contributed by atoms with Crippen LogP contribution < -0.4 is 0 Å². The van der Waals surface area contributed by atoms with Gasteiger partial charge in [0.25, 0.3) is 0 Å². The molecule has 0 amide bonds. The van der Waals surface area contributed by atoms with Crippen molar-refractivity contribution in [1.29, 1.82) is 0 Å². The van der Waals surface area contributed by atoms with Gasteiger partial charge in [0.1, 0.15) is 0 Å². The summed E-state index contributed by atoms with van der Waals surface area (Å²) in [7, 11) is 0. The summed E-state index contributed by atoms with van der Waals surface area (Å²) in [5.41, 5.74) is 19.5. The maximum absolute atomic E-state index is 5.12. The summed E-state index contributed by atoms with van der Waals surface area (Å²) >= 11 is 3.79. The van der Waals surface area contributed by atoms with E-state index >= 15 is 0 Å². The van der Waals surface area contributed by atoms with Crippen molar-refractivity contribution in [2.45, 2.75) is 0 Å². The first kappa shape index (κ1) is 53.5. The van der Waals surface area contributed by atoms with Gasteiger partial charge in [-0.3, -0.25) is 0 Å². The first-order chi connectivity index (χ1) is 45.6. The Morgan fingerprint density at radius 1 is 0.163 bits per heavy atom. The molecule has 5 heteroatoms. The Morgan fingerprint density at radius 2 is 0.467 bits per heavy atom. The van der Waals surface area contributed by atoms with Gasteiger partial charge >= 0.3 is 0 Å². The van der Waals surface area contributed by atoms with Crippen LogP contribution in [0, 0.1) is 0 Å². The van der Waals surface area contributed by atoms with Gasteiger partial charge in [-0.05, 0) is 129 Å². The predicted octanol–water partition coefficient (Wildman–Crippen LogP) is 24.7. The minimum absolute atomic E-state index is 0.631. The van der Waals surface area contributed by atoms with E-state index in [0.29, 0.717) is 17.5 Å². The highest BCUT2D eigenvalue weighted by atomic mass is 32.1. The number of aromatic nitrogens is 3. The summed E-state index contributed by atoms with van der Waals surface area (Å²) in [5, 5.41) is 12.7. The first-order valence-corrected chi connectivity index (χ1v) is 32.8. The minimum Gasteiger partial charge on any atom is -0.208 e. The second kappa shape index (κ2) is 22.2. The number of benzene rings is 15. The monoisotopic (exact) mass is 1200 g/mol. The zero-order valence-electron chi connectivity index (χ0n) is 49.8. The Kier molecular flexibility index (Phi) is 12.9. The summed E-state index contributed by atoms with van der Waals surface area (Å²) in [6, 6.07) is 117. The van der Waals surface area contributed by atoms with Crippen LogP contribution in [0.1, 0.15) is 0 Å². The van der Waals surface area contributed by atoms with Gasteiger partial charge in [0.15, 0.2) is 17.5 Å². The van der Waals surface area contributed by atoms with Crippen molar-refractivity contribution in [3.8, 4) is 112 Å². The standard InChI is InChI=1S/C87H53N3S2/c1-4-20-54(21-5-1)55-42-44-56(45-43-55)80-66(48-49-78-77-41-19-38-69(83(77)92-84(78)80)64-30-16-31-65(52-64)87-89-85(57-22-6-2-7-23-57)88-86(90-87)58-24-8-3-9-25-58)61-27-15-29-63(51-61)68-37-18-40-76-75-39-17-36-67(81(75)91-82(68)76)62-28-14-26-59(50-62)60-46-47-74-72-34-11-10-32-70(72)71-33-12-13-35-73(71)79(74)53-60/h1-53H. The molecular formula is C87H53N3S2. The van der Waals surface area contributed by atoms with Gasteiger partial charge in [0.05, 0.1) is 0 Å². The molecule has 15 aromatic carbocycles. The van der Waals surface area contributed by atoms with Crippen molar-refractivity contribution in [1.82, 2.24) is 15.0 Å². The van der Waals surface area contributed by atoms with Crippen molar-refractivity contribution >= 4 is 95.3 Å². The summed E-state index contributed by atoms with van der Waals surface area (Å²) in [6.45, 7) is 0. The van der Waals surface area contributed by atoms with Gasteiger partial charge in [-0.2, -0.15) is 0 Å². The fraction of sp³-hybridized carbons (Fsp3) is 0. The number of thiophene rings is 2. The quantitative estimate of drug-likeness (QED) is 0.128. The largest absolute Gasteiger partial charge is 0.208 e. The third kappa shape index (κ3) is 9.20. The van der Waals surface area contributed by atoms with Crippen LogP contribution in [0.15, 0.2) is 322 Å². The molecule has 0 aliphatic carbocycles. The molecule has 0 radical (unpaired) electrons. The number of hydrogen-bond donors (Lipinski definition) is 0. The molecule has 0 N–H and O–H groups in total. The van der Waals surface area contributed by atoms with Crippen LogP contribution in [-0.4, -0.2) is 15.0 Å². The van der Waals surface area contributed by atoms with Gasteiger partial charge in [-0.15, -0.1) is 22.7 Å². The average molecular weight is 1200 g/mol. The summed E-state index contributed by atoms with van der Waals surface area (Å²) in [6.07, 6.45) is 0. The molecule has 3 aromatic heterocycles. The van der Waals surface area contributed by atoms with Crippen LogP contribution in [0.3, 0.4) is 0 Å². The Hall–Kier alpha value is -11.5. The van der Waals surface area contributed by atoms with E-state index in [0.717, 1.165) is 22.3 Å². The van der Waals surface area contributed by atoms with E-state index in [1.165, 1.54) is 145 Å². The second-order valence-corrected chi connectivity index (χ2v) is 25.7. The molecule has 0 aliphatic rings. The van der Waals surface area contributed by atoms with Gasteiger partial charge < -0.3 is 0 Å². The van der Waals surface area contributed by atoms with Crippen LogP contribution in [0.5, 0.6) is 0 Å². The minimum atomic E-state index is 0.631. The molecule has 3 heterocycles. The molecule has 0 saturated carbocycles. The lowest BCUT2D eigenvalue weighted by Crippen LogP contribution is -2.00. The van der Waals surface area contributed by atoms with Gasteiger partial charge in [-0.25, -0.2) is 15.0 Å². The van der Waals surface area contributed by atoms with Crippen molar-refractivity contribution < 1.29 is 0 Å². The maximum atomic E-state index is 5.12. The van der Waals surface area contributed by atoms with Crippen LogP contribution in [0.25, 0.3) is 185 Å². The molecule has 0 atom stereocenters. The molecule has 0 aliphatic heterocycles. The normalized spacial score (nSPS) is 11.7. The number of nitrogens with zero attached hydrogens (tertiary/aromatic N) is 3. The van der Waals surface area contributed by atoms with E-state index in [1.807, 2.05) is 59.1 Å². The lowest BCUT2D eigenvalue weighted by Gasteiger charge is -2.14. The Labute approximate surface area is 540 Å². The molecule has 18 rings (SSSR count). The molecule has 3 nitrogen and oxygen atoms in total. The summed E-state index contributed by atoms with van der Waals surface area (Å²) in [5.74, 6) is 1.91. The highest BCUT2D eigenvalue weighted by Crippen LogP contribution is 2.50. The molecule has 0 fully saturated rings. The molecule has 0 saturated heterocycles. The lowest BCUT2D eigenvalue weighted by atomic mass is 9.90.